The van der Waals surface area contributed by atoms with E-state index in [-0.39, 0.29) is 18.0 Å². The van der Waals surface area contributed by atoms with E-state index < -0.39 is 30.1 Å². The highest BCUT2D eigenvalue weighted by molar-refractivity contribution is 5.47. The molecular formula is C20H25FO6. The zero-order valence-corrected chi connectivity index (χ0v) is 15.9. The van der Waals surface area contributed by atoms with Crippen LogP contribution >= 0.6 is 0 Å². The third-order valence-corrected chi connectivity index (χ3v) is 4.79. The van der Waals surface area contributed by atoms with Crippen LogP contribution in [0.1, 0.15) is 33.3 Å². The van der Waals surface area contributed by atoms with Gasteiger partial charge in [0.2, 0.25) is 0 Å². The molecule has 0 amide bonds. The van der Waals surface area contributed by atoms with E-state index >= 15 is 0 Å². The molecule has 1 aromatic rings. The lowest BCUT2D eigenvalue weighted by molar-refractivity contribution is -0.232. The van der Waals surface area contributed by atoms with Gasteiger partial charge in [-0.15, -0.1) is 0 Å². The second kappa shape index (κ2) is 6.83. The molecule has 148 valence electrons. The van der Waals surface area contributed by atoms with E-state index in [1.807, 2.05) is 27.7 Å². The standard InChI is InChI=1S/C20H25FO6/c1-19(2)23-11-14(25-19)15-16(17-18(24-15)27-20(3,4)26-17)22-10-9-12-5-7-13(21)8-6-12/h5-10,14-18H,11H2,1-4H3/b10-9+/t14-,15-,16-,17+,18+/m0/s1. The number of fused-ring (bicyclic) bond motifs is 1. The summed E-state index contributed by atoms with van der Waals surface area (Å²) >= 11 is 0. The zero-order chi connectivity index (χ0) is 19.2. The van der Waals surface area contributed by atoms with E-state index in [2.05, 4.69) is 0 Å². The Morgan fingerprint density at radius 3 is 2.41 bits per heavy atom. The van der Waals surface area contributed by atoms with Crippen LogP contribution in [0.4, 0.5) is 4.39 Å². The summed E-state index contributed by atoms with van der Waals surface area (Å²) in [6.07, 6.45) is 1.33. The summed E-state index contributed by atoms with van der Waals surface area (Å²) in [4.78, 5) is 0. The molecular weight excluding hydrogens is 355 g/mol. The SMILES string of the molecule is CC1(C)O[C@H]2O[C@@H]([C@@H]3COC(C)(C)O3)[C@H](O/C=C/c3ccc(F)cc3)[C@H]2O1. The maximum absolute atomic E-state index is 13.0. The van der Waals surface area contributed by atoms with Gasteiger partial charge in [0.15, 0.2) is 30.1 Å². The van der Waals surface area contributed by atoms with Gasteiger partial charge in [-0.2, -0.15) is 0 Å². The zero-order valence-electron chi connectivity index (χ0n) is 15.9. The molecule has 3 aliphatic heterocycles. The van der Waals surface area contributed by atoms with Crippen molar-refractivity contribution in [1.82, 2.24) is 0 Å². The van der Waals surface area contributed by atoms with Crippen LogP contribution in [0, 0.1) is 5.82 Å². The molecule has 3 saturated heterocycles. The molecule has 5 atom stereocenters. The van der Waals surface area contributed by atoms with Crippen LogP contribution in [0.3, 0.4) is 0 Å². The lowest BCUT2D eigenvalue weighted by Gasteiger charge is -2.28. The fraction of sp³-hybridized carbons (Fsp3) is 0.600. The molecule has 0 radical (unpaired) electrons. The van der Waals surface area contributed by atoms with Gasteiger partial charge in [-0.05, 0) is 51.5 Å². The highest BCUT2D eigenvalue weighted by Crippen LogP contribution is 2.42. The van der Waals surface area contributed by atoms with Gasteiger partial charge in [-0.1, -0.05) is 12.1 Å². The van der Waals surface area contributed by atoms with Gasteiger partial charge in [0.1, 0.15) is 18.0 Å². The summed E-state index contributed by atoms with van der Waals surface area (Å²) in [6, 6.07) is 6.16. The monoisotopic (exact) mass is 380 g/mol. The molecule has 6 nitrogen and oxygen atoms in total. The van der Waals surface area contributed by atoms with Gasteiger partial charge in [-0.25, -0.2) is 4.39 Å². The van der Waals surface area contributed by atoms with Crippen molar-refractivity contribution in [3.63, 3.8) is 0 Å². The smallest absolute Gasteiger partial charge is 0.191 e. The second-order valence-electron chi connectivity index (χ2n) is 7.89. The van der Waals surface area contributed by atoms with Crippen molar-refractivity contribution in [3.8, 4) is 0 Å². The molecule has 0 saturated carbocycles. The molecule has 7 heteroatoms. The van der Waals surface area contributed by atoms with E-state index in [1.54, 1.807) is 24.5 Å². The molecule has 0 bridgehead atoms. The molecule has 4 rings (SSSR count). The summed E-state index contributed by atoms with van der Waals surface area (Å²) in [5, 5.41) is 0. The summed E-state index contributed by atoms with van der Waals surface area (Å²) in [7, 11) is 0. The van der Waals surface area contributed by atoms with Crippen molar-refractivity contribution in [3.05, 3.63) is 41.9 Å². The van der Waals surface area contributed by atoms with Crippen LogP contribution in [-0.4, -0.2) is 48.9 Å². The van der Waals surface area contributed by atoms with Crippen molar-refractivity contribution in [2.45, 2.75) is 70.0 Å². The van der Waals surface area contributed by atoms with E-state index in [9.17, 15) is 4.39 Å². The number of halogens is 1. The minimum Gasteiger partial charge on any atom is -0.492 e. The summed E-state index contributed by atoms with van der Waals surface area (Å²) in [6.45, 7) is 7.81. The Balaban J connectivity index is 1.49. The molecule has 0 aromatic heterocycles. The van der Waals surface area contributed by atoms with Crippen LogP contribution in [-0.2, 0) is 28.4 Å². The first kappa shape index (κ1) is 18.8. The van der Waals surface area contributed by atoms with Crippen LogP contribution < -0.4 is 0 Å². The highest BCUT2D eigenvalue weighted by atomic mass is 19.1. The Kier molecular flexibility index (Phi) is 4.76. The third-order valence-electron chi connectivity index (χ3n) is 4.79. The summed E-state index contributed by atoms with van der Waals surface area (Å²) < 4.78 is 48.6. The van der Waals surface area contributed by atoms with E-state index in [0.29, 0.717) is 6.61 Å². The predicted molar refractivity (Wildman–Crippen MR) is 93.9 cm³/mol. The van der Waals surface area contributed by atoms with Crippen LogP contribution in [0.5, 0.6) is 0 Å². The average molecular weight is 380 g/mol. The van der Waals surface area contributed by atoms with Crippen molar-refractivity contribution in [2.24, 2.45) is 0 Å². The molecule has 3 fully saturated rings. The molecule has 0 aliphatic carbocycles. The molecule has 0 unspecified atom stereocenters. The molecule has 3 heterocycles. The van der Waals surface area contributed by atoms with Crippen molar-refractivity contribution in [2.75, 3.05) is 6.61 Å². The minimum absolute atomic E-state index is 0.278. The van der Waals surface area contributed by atoms with Gasteiger partial charge in [0.25, 0.3) is 0 Å². The molecule has 27 heavy (non-hydrogen) atoms. The average Bonchev–Trinajstić information content (AvgIpc) is 3.19. The lowest BCUT2D eigenvalue weighted by Crippen LogP contribution is -2.43. The fourth-order valence-electron chi connectivity index (χ4n) is 3.62. The number of hydrogen-bond acceptors (Lipinski definition) is 6. The highest BCUT2D eigenvalue weighted by Gasteiger charge is 2.59. The fourth-order valence-corrected chi connectivity index (χ4v) is 3.62. The number of hydrogen-bond donors (Lipinski definition) is 0. The maximum atomic E-state index is 13.0. The van der Waals surface area contributed by atoms with Crippen LogP contribution in [0.15, 0.2) is 30.5 Å². The Bertz CT molecular complexity index is 701. The summed E-state index contributed by atoms with van der Waals surface area (Å²) in [5.74, 6) is -1.68. The van der Waals surface area contributed by atoms with Gasteiger partial charge in [-0.3, -0.25) is 0 Å². The van der Waals surface area contributed by atoms with Crippen molar-refractivity contribution < 1.29 is 32.8 Å². The van der Waals surface area contributed by atoms with E-state index in [4.69, 9.17) is 28.4 Å². The van der Waals surface area contributed by atoms with Gasteiger partial charge in [0.05, 0.1) is 12.9 Å². The van der Waals surface area contributed by atoms with Crippen LogP contribution in [0.2, 0.25) is 0 Å². The van der Waals surface area contributed by atoms with E-state index in [0.717, 1.165) is 5.56 Å². The Labute approximate surface area is 158 Å². The molecule has 1 aromatic carbocycles. The number of benzene rings is 1. The molecule has 0 N–H and O–H groups in total. The van der Waals surface area contributed by atoms with Crippen LogP contribution in [0.25, 0.3) is 6.08 Å². The minimum atomic E-state index is -0.741. The second-order valence-corrected chi connectivity index (χ2v) is 7.89. The third kappa shape index (κ3) is 4.02. The predicted octanol–water partition coefficient (Wildman–Crippen LogP) is 3.21. The quantitative estimate of drug-likeness (QED) is 0.748. The number of rotatable bonds is 4. The Hall–Kier alpha value is -1.51. The topological polar surface area (TPSA) is 55.4 Å². The number of ether oxygens (including phenoxy) is 6. The summed E-state index contributed by atoms with van der Waals surface area (Å²) in [5.41, 5.74) is 0.828. The van der Waals surface area contributed by atoms with Crippen molar-refractivity contribution in [1.29, 1.82) is 0 Å². The first-order chi connectivity index (χ1) is 12.7. The largest absolute Gasteiger partial charge is 0.492 e. The van der Waals surface area contributed by atoms with Gasteiger partial charge in [0, 0.05) is 0 Å². The maximum Gasteiger partial charge on any atom is 0.191 e. The van der Waals surface area contributed by atoms with Gasteiger partial charge >= 0.3 is 0 Å². The Morgan fingerprint density at radius 2 is 1.74 bits per heavy atom. The first-order valence-electron chi connectivity index (χ1n) is 9.13. The van der Waals surface area contributed by atoms with Gasteiger partial charge < -0.3 is 28.4 Å². The first-order valence-corrected chi connectivity index (χ1v) is 9.13. The molecule has 3 aliphatic rings. The van der Waals surface area contributed by atoms with E-state index in [1.165, 1.54) is 12.1 Å². The normalized spacial score (nSPS) is 37.0. The lowest BCUT2D eigenvalue weighted by atomic mass is 10.1. The van der Waals surface area contributed by atoms with Crippen molar-refractivity contribution >= 4 is 6.08 Å². The Morgan fingerprint density at radius 1 is 1.00 bits per heavy atom. The molecule has 0 spiro atoms.